The van der Waals surface area contributed by atoms with Crippen molar-refractivity contribution in [1.29, 1.82) is 0 Å². The van der Waals surface area contributed by atoms with Gasteiger partial charge < -0.3 is 15.5 Å². The number of thiophene rings is 1. The molecule has 0 spiro atoms. The van der Waals surface area contributed by atoms with E-state index in [1.165, 1.54) is 11.3 Å². The topological polar surface area (TPSA) is 91.4 Å². The van der Waals surface area contributed by atoms with Gasteiger partial charge in [-0.1, -0.05) is 6.42 Å². The minimum atomic E-state index is -1.00. The van der Waals surface area contributed by atoms with E-state index in [1.54, 1.807) is 13.1 Å². The van der Waals surface area contributed by atoms with E-state index in [0.29, 0.717) is 26.1 Å². The second-order valence-electron chi connectivity index (χ2n) is 8.93. The van der Waals surface area contributed by atoms with E-state index < -0.39 is 5.41 Å². The maximum atomic E-state index is 12.9. The van der Waals surface area contributed by atoms with Crippen LogP contribution in [0.25, 0.3) is 10.2 Å². The summed E-state index contributed by atoms with van der Waals surface area (Å²) in [6.07, 6.45) is 5.76. The molecule has 2 aliphatic heterocycles. The van der Waals surface area contributed by atoms with Crippen molar-refractivity contribution in [3.63, 3.8) is 0 Å². The number of hydrogen-bond acceptors (Lipinski definition) is 5. The van der Waals surface area contributed by atoms with Gasteiger partial charge in [-0.3, -0.25) is 19.4 Å². The zero-order valence-corrected chi connectivity index (χ0v) is 19.0. The number of aromatic nitrogens is 1. The number of carbonyl (C=O) groups is 3. The molecule has 0 radical (unpaired) electrons. The summed E-state index contributed by atoms with van der Waals surface area (Å²) >= 11 is 1.48. The molecule has 166 valence electrons. The van der Waals surface area contributed by atoms with Crippen molar-refractivity contribution in [2.75, 3.05) is 19.6 Å². The number of hydrogen-bond donors (Lipinski definition) is 2. The molecule has 7 nitrogen and oxygen atoms in total. The summed E-state index contributed by atoms with van der Waals surface area (Å²) in [7, 11) is 0. The highest BCUT2D eigenvalue weighted by atomic mass is 32.1. The first-order valence-corrected chi connectivity index (χ1v) is 11.9. The molecule has 4 heterocycles. The Hall–Kier alpha value is -2.48. The first-order valence-electron chi connectivity index (χ1n) is 11.1. The van der Waals surface area contributed by atoms with Crippen molar-refractivity contribution < 1.29 is 14.4 Å². The highest BCUT2D eigenvalue weighted by molar-refractivity contribution is 7.20. The number of fused-ring (bicyclic) bond motifs is 1. The number of pyridine rings is 1. The number of amides is 3. The van der Waals surface area contributed by atoms with Crippen LogP contribution in [-0.2, 0) is 9.59 Å². The predicted octanol–water partition coefficient (Wildman–Crippen LogP) is 2.96. The van der Waals surface area contributed by atoms with Gasteiger partial charge in [0.25, 0.3) is 5.91 Å². The largest absolute Gasteiger partial charge is 0.355 e. The molecule has 8 heteroatoms. The molecule has 2 aromatic heterocycles. The van der Waals surface area contributed by atoms with Crippen LogP contribution in [0.5, 0.6) is 0 Å². The lowest BCUT2D eigenvalue weighted by atomic mass is 9.82. The van der Waals surface area contributed by atoms with E-state index in [1.807, 2.05) is 30.0 Å². The molecule has 0 bridgehead atoms. The molecule has 4 rings (SSSR count). The van der Waals surface area contributed by atoms with E-state index in [9.17, 15) is 14.4 Å². The Balaban J connectivity index is 1.33. The van der Waals surface area contributed by atoms with Gasteiger partial charge in [-0.25, -0.2) is 0 Å². The first-order chi connectivity index (χ1) is 14.9. The van der Waals surface area contributed by atoms with Crippen LogP contribution in [0.2, 0.25) is 0 Å². The van der Waals surface area contributed by atoms with Gasteiger partial charge in [-0.2, -0.15) is 0 Å². The Morgan fingerprint density at radius 1 is 1.32 bits per heavy atom. The van der Waals surface area contributed by atoms with Crippen LogP contribution in [0.3, 0.4) is 0 Å². The van der Waals surface area contributed by atoms with Crippen LogP contribution in [0.1, 0.15) is 55.6 Å². The fourth-order valence-electron chi connectivity index (χ4n) is 4.55. The maximum absolute atomic E-state index is 12.9. The van der Waals surface area contributed by atoms with Gasteiger partial charge in [0, 0.05) is 31.9 Å². The van der Waals surface area contributed by atoms with Crippen LogP contribution in [-0.4, -0.2) is 53.3 Å². The van der Waals surface area contributed by atoms with Crippen LogP contribution < -0.4 is 10.6 Å². The standard InChI is InChI=1S/C23H30N4O3S/c1-15(26-22(30)23(2)9-3-4-10-25-21(23)29)16-7-12-27(13-8-16)20(28)19-14-17-18(31-19)6-5-11-24-17/h5-6,11,14-16H,3-4,7-10,12-13H2,1-2H3,(H,25,29)(H,26,30)/t15-,23?/m1/s1. The molecule has 1 unspecified atom stereocenters. The van der Waals surface area contributed by atoms with Crippen LogP contribution in [0, 0.1) is 11.3 Å². The monoisotopic (exact) mass is 442 g/mol. The Bertz CT molecular complexity index is 949. The van der Waals surface area contributed by atoms with Crippen molar-refractivity contribution in [2.24, 2.45) is 11.3 Å². The first kappa shape index (κ1) is 21.7. The molecular weight excluding hydrogens is 412 g/mol. The second-order valence-corrected chi connectivity index (χ2v) is 10.0. The molecule has 2 fully saturated rings. The van der Waals surface area contributed by atoms with Gasteiger partial charge in [0.05, 0.1) is 15.1 Å². The Morgan fingerprint density at radius 3 is 2.84 bits per heavy atom. The van der Waals surface area contributed by atoms with Crippen LogP contribution >= 0.6 is 11.3 Å². The minimum Gasteiger partial charge on any atom is -0.355 e. The Labute approximate surface area is 186 Å². The number of piperidine rings is 1. The number of rotatable bonds is 4. The van der Waals surface area contributed by atoms with Gasteiger partial charge >= 0.3 is 0 Å². The summed E-state index contributed by atoms with van der Waals surface area (Å²) in [5.41, 5.74) is -0.144. The highest BCUT2D eigenvalue weighted by Crippen LogP contribution is 2.30. The van der Waals surface area contributed by atoms with Crippen LogP contribution in [0.4, 0.5) is 0 Å². The third-order valence-electron chi connectivity index (χ3n) is 6.78. The van der Waals surface area contributed by atoms with E-state index >= 15 is 0 Å². The summed E-state index contributed by atoms with van der Waals surface area (Å²) in [5, 5.41) is 5.97. The average molecular weight is 443 g/mol. The summed E-state index contributed by atoms with van der Waals surface area (Å²) in [5.74, 6) is -0.0149. The fourth-order valence-corrected chi connectivity index (χ4v) is 5.53. The van der Waals surface area contributed by atoms with Crippen molar-refractivity contribution >= 4 is 39.3 Å². The van der Waals surface area contributed by atoms with Gasteiger partial charge in [-0.05, 0) is 63.6 Å². The summed E-state index contributed by atoms with van der Waals surface area (Å²) in [6, 6.07) is 5.70. The molecule has 0 aliphatic carbocycles. The Kier molecular flexibility index (Phi) is 6.27. The molecule has 2 aliphatic rings. The van der Waals surface area contributed by atoms with Gasteiger partial charge in [0.2, 0.25) is 11.8 Å². The zero-order valence-electron chi connectivity index (χ0n) is 18.1. The molecule has 3 amide bonds. The van der Waals surface area contributed by atoms with E-state index in [4.69, 9.17) is 0 Å². The maximum Gasteiger partial charge on any atom is 0.264 e. The minimum absolute atomic E-state index is 0.0360. The Morgan fingerprint density at radius 2 is 2.10 bits per heavy atom. The molecule has 2 aromatic rings. The molecule has 0 saturated carbocycles. The van der Waals surface area contributed by atoms with Crippen molar-refractivity contribution in [3.05, 3.63) is 29.3 Å². The summed E-state index contributed by atoms with van der Waals surface area (Å²) < 4.78 is 1.02. The van der Waals surface area contributed by atoms with Crippen molar-refractivity contribution in [3.8, 4) is 0 Å². The normalized spacial score (nSPS) is 23.8. The van der Waals surface area contributed by atoms with Gasteiger partial charge in [-0.15, -0.1) is 11.3 Å². The van der Waals surface area contributed by atoms with E-state index in [-0.39, 0.29) is 29.7 Å². The SMILES string of the molecule is C[C@@H](NC(=O)C1(C)CCCCNC1=O)C1CCN(C(=O)c2cc3ncccc3s2)CC1. The van der Waals surface area contributed by atoms with E-state index in [0.717, 1.165) is 40.8 Å². The van der Waals surface area contributed by atoms with Crippen LogP contribution in [0.15, 0.2) is 24.4 Å². The molecule has 2 atom stereocenters. The van der Waals surface area contributed by atoms with E-state index in [2.05, 4.69) is 15.6 Å². The summed E-state index contributed by atoms with van der Waals surface area (Å²) in [6.45, 7) is 5.73. The fraction of sp³-hybridized carbons (Fsp3) is 0.565. The third kappa shape index (κ3) is 4.44. The number of likely N-dealkylation sites (tertiary alicyclic amines) is 1. The third-order valence-corrected chi connectivity index (χ3v) is 7.86. The predicted molar refractivity (Wildman–Crippen MR) is 121 cm³/mol. The number of carbonyl (C=O) groups excluding carboxylic acids is 3. The van der Waals surface area contributed by atoms with Crippen molar-refractivity contribution in [1.82, 2.24) is 20.5 Å². The number of nitrogens with one attached hydrogen (secondary N) is 2. The molecule has 31 heavy (non-hydrogen) atoms. The smallest absolute Gasteiger partial charge is 0.264 e. The molecular formula is C23H30N4O3S. The number of nitrogens with zero attached hydrogens (tertiary/aromatic N) is 2. The highest BCUT2D eigenvalue weighted by Gasteiger charge is 2.42. The lowest BCUT2D eigenvalue weighted by molar-refractivity contribution is -0.143. The zero-order chi connectivity index (χ0) is 22.0. The van der Waals surface area contributed by atoms with Gasteiger partial charge in [0.15, 0.2) is 0 Å². The van der Waals surface area contributed by atoms with Crippen molar-refractivity contribution in [2.45, 2.75) is 52.0 Å². The average Bonchev–Trinajstić information content (AvgIpc) is 3.14. The van der Waals surface area contributed by atoms with Gasteiger partial charge in [0.1, 0.15) is 5.41 Å². The molecule has 2 N–H and O–H groups in total. The summed E-state index contributed by atoms with van der Waals surface area (Å²) in [4.78, 5) is 45.2. The second kappa shape index (κ2) is 8.94. The molecule has 0 aromatic carbocycles. The lowest BCUT2D eigenvalue weighted by Crippen LogP contribution is -2.53. The quantitative estimate of drug-likeness (QED) is 0.712. The lowest BCUT2D eigenvalue weighted by Gasteiger charge is -2.36. The molecule has 2 saturated heterocycles.